The molecule has 1 aromatic rings. The monoisotopic (exact) mass is 338 g/mol. The molecular weight excluding hydrogens is 316 g/mol. The molecule has 1 aliphatic rings. The number of carbonyl (C=O) groups excluding carboxylic acids is 1. The van der Waals surface area contributed by atoms with E-state index >= 15 is 0 Å². The lowest BCUT2D eigenvalue weighted by molar-refractivity contribution is -0.155. The van der Waals surface area contributed by atoms with Gasteiger partial charge in [0.15, 0.2) is 0 Å². The lowest BCUT2D eigenvalue weighted by Gasteiger charge is -2.22. The minimum Gasteiger partial charge on any atom is -0.460 e. The molecule has 1 aromatic carbocycles. The van der Waals surface area contributed by atoms with E-state index in [9.17, 15) is 4.79 Å². The first kappa shape index (κ1) is 15.6. The van der Waals surface area contributed by atoms with Crippen LogP contribution in [0.5, 0.6) is 0 Å². The van der Waals surface area contributed by atoms with Crippen molar-refractivity contribution in [1.29, 1.82) is 0 Å². The van der Waals surface area contributed by atoms with Gasteiger partial charge in [0, 0.05) is 4.47 Å². The maximum atomic E-state index is 12.1. The number of hydrogen-bond donors (Lipinski definition) is 0. The Morgan fingerprint density at radius 2 is 2.05 bits per heavy atom. The van der Waals surface area contributed by atoms with Gasteiger partial charge in [-0.05, 0) is 69.6 Å². The second kappa shape index (κ2) is 5.88. The Kier molecular flexibility index (Phi) is 4.58. The largest absolute Gasteiger partial charge is 0.460 e. The van der Waals surface area contributed by atoms with Crippen LogP contribution in [-0.4, -0.2) is 11.6 Å². The molecule has 110 valence electrons. The molecule has 0 aliphatic heterocycles. The minimum atomic E-state index is -0.402. The fourth-order valence-corrected chi connectivity index (χ4v) is 2.76. The van der Waals surface area contributed by atoms with Gasteiger partial charge in [-0.3, -0.25) is 4.79 Å². The van der Waals surface area contributed by atoms with Crippen LogP contribution in [0.4, 0.5) is 0 Å². The summed E-state index contributed by atoms with van der Waals surface area (Å²) in [7, 11) is 0. The van der Waals surface area contributed by atoms with E-state index in [1.807, 2.05) is 20.8 Å². The predicted molar refractivity (Wildman–Crippen MR) is 84.8 cm³/mol. The molecule has 0 heterocycles. The van der Waals surface area contributed by atoms with Crippen molar-refractivity contribution in [2.24, 2.45) is 5.92 Å². The van der Waals surface area contributed by atoms with Crippen molar-refractivity contribution in [3.63, 3.8) is 0 Å². The van der Waals surface area contributed by atoms with E-state index in [0.29, 0.717) is 18.3 Å². The summed E-state index contributed by atoms with van der Waals surface area (Å²) in [4.78, 5) is 12.1. The Morgan fingerprint density at radius 1 is 1.40 bits per heavy atom. The van der Waals surface area contributed by atoms with Crippen molar-refractivity contribution >= 4 is 21.9 Å². The Balaban J connectivity index is 2.11. The van der Waals surface area contributed by atoms with E-state index < -0.39 is 5.60 Å². The molecule has 3 heteroatoms. The summed E-state index contributed by atoms with van der Waals surface area (Å²) in [6.07, 6.45) is 2.94. The van der Waals surface area contributed by atoms with E-state index in [0.717, 1.165) is 4.47 Å². The van der Waals surface area contributed by atoms with Gasteiger partial charge >= 0.3 is 5.97 Å². The maximum Gasteiger partial charge on any atom is 0.306 e. The van der Waals surface area contributed by atoms with E-state index in [-0.39, 0.29) is 5.97 Å². The quantitative estimate of drug-likeness (QED) is 0.723. The highest BCUT2D eigenvalue weighted by molar-refractivity contribution is 9.10. The molecule has 20 heavy (non-hydrogen) atoms. The molecular formula is C17H23BrO2. The average molecular weight is 339 g/mol. The van der Waals surface area contributed by atoms with E-state index in [2.05, 4.69) is 41.1 Å². The summed E-state index contributed by atoms with van der Waals surface area (Å²) in [5.41, 5.74) is 2.08. The third kappa shape index (κ3) is 4.34. The molecule has 1 atom stereocenters. The Hall–Kier alpha value is -0.830. The Bertz CT molecular complexity index is 498. The summed E-state index contributed by atoms with van der Waals surface area (Å²) >= 11 is 3.53. The van der Waals surface area contributed by atoms with Crippen molar-refractivity contribution < 1.29 is 9.53 Å². The first-order valence-electron chi connectivity index (χ1n) is 7.24. The smallest absolute Gasteiger partial charge is 0.306 e. The summed E-state index contributed by atoms with van der Waals surface area (Å²) in [5, 5.41) is 0. The van der Waals surface area contributed by atoms with Crippen LogP contribution in [0.15, 0.2) is 22.7 Å². The molecule has 0 saturated heterocycles. The molecule has 0 radical (unpaired) electrons. The highest BCUT2D eigenvalue weighted by Crippen LogP contribution is 2.45. The number of aryl methyl sites for hydroxylation is 1. The van der Waals surface area contributed by atoms with Crippen molar-refractivity contribution in [1.82, 2.24) is 0 Å². The minimum absolute atomic E-state index is 0.0880. The highest BCUT2D eigenvalue weighted by Gasteiger charge is 2.35. The van der Waals surface area contributed by atoms with Crippen molar-refractivity contribution in [2.75, 3.05) is 0 Å². The fraction of sp³-hybridized carbons (Fsp3) is 0.588. The van der Waals surface area contributed by atoms with Gasteiger partial charge in [0.2, 0.25) is 0 Å². The average Bonchev–Trinajstić information content (AvgIpc) is 3.11. The van der Waals surface area contributed by atoms with Gasteiger partial charge in [-0.15, -0.1) is 0 Å². The zero-order valence-electron chi connectivity index (χ0n) is 12.7. The molecule has 0 spiro atoms. The topological polar surface area (TPSA) is 26.3 Å². The molecule has 0 bridgehead atoms. The zero-order valence-corrected chi connectivity index (χ0v) is 14.3. The molecule has 1 aliphatic carbocycles. The Morgan fingerprint density at radius 3 is 2.55 bits per heavy atom. The molecule has 0 amide bonds. The molecule has 2 nitrogen and oxygen atoms in total. The maximum absolute atomic E-state index is 12.1. The normalized spacial score (nSPS) is 16.9. The molecule has 1 unspecified atom stereocenters. The third-order valence-electron chi connectivity index (χ3n) is 3.61. The van der Waals surface area contributed by atoms with Crippen molar-refractivity contribution in [2.45, 2.75) is 58.5 Å². The molecule has 1 saturated carbocycles. The van der Waals surface area contributed by atoms with Crippen LogP contribution in [0.1, 0.15) is 57.1 Å². The SMILES string of the molecule is Cc1cc(C(CC(=O)OC(C)(C)C)C2CC2)ccc1Br. The van der Waals surface area contributed by atoms with Crippen molar-refractivity contribution in [3.8, 4) is 0 Å². The van der Waals surface area contributed by atoms with Crippen LogP contribution in [0.25, 0.3) is 0 Å². The molecule has 0 aromatic heterocycles. The second-order valence-electron chi connectivity index (χ2n) is 6.74. The van der Waals surface area contributed by atoms with Crippen LogP contribution < -0.4 is 0 Å². The number of ether oxygens (including phenoxy) is 1. The number of hydrogen-bond acceptors (Lipinski definition) is 2. The van der Waals surface area contributed by atoms with Gasteiger partial charge in [-0.1, -0.05) is 28.1 Å². The lowest BCUT2D eigenvalue weighted by atomic mass is 9.90. The summed E-state index contributed by atoms with van der Waals surface area (Å²) in [6, 6.07) is 6.40. The van der Waals surface area contributed by atoms with E-state index in [1.54, 1.807) is 0 Å². The van der Waals surface area contributed by atoms with E-state index in [4.69, 9.17) is 4.74 Å². The number of esters is 1. The molecule has 2 rings (SSSR count). The summed E-state index contributed by atoms with van der Waals surface area (Å²) in [6.45, 7) is 7.84. The third-order valence-corrected chi connectivity index (χ3v) is 4.50. The molecule has 0 N–H and O–H groups in total. The summed E-state index contributed by atoms with van der Waals surface area (Å²) in [5.74, 6) is 0.856. The van der Waals surface area contributed by atoms with E-state index in [1.165, 1.54) is 24.0 Å². The lowest BCUT2D eigenvalue weighted by Crippen LogP contribution is -2.25. The molecule has 1 fully saturated rings. The number of rotatable bonds is 4. The highest BCUT2D eigenvalue weighted by atomic mass is 79.9. The Labute approximate surface area is 130 Å². The van der Waals surface area contributed by atoms with Crippen LogP contribution >= 0.6 is 15.9 Å². The van der Waals surface area contributed by atoms with Crippen molar-refractivity contribution in [3.05, 3.63) is 33.8 Å². The van der Waals surface area contributed by atoms with Crippen LogP contribution in [0.2, 0.25) is 0 Å². The van der Waals surface area contributed by atoms with Crippen LogP contribution in [-0.2, 0) is 9.53 Å². The van der Waals surface area contributed by atoms with Crippen LogP contribution in [0, 0.1) is 12.8 Å². The van der Waals surface area contributed by atoms with Gasteiger partial charge in [-0.2, -0.15) is 0 Å². The van der Waals surface area contributed by atoms with Gasteiger partial charge in [0.1, 0.15) is 5.60 Å². The zero-order chi connectivity index (χ0) is 14.9. The fourth-order valence-electron chi connectivity index (χ4n) is 2.52. The first-order chi connectivity index (χ1) is 9.26. The number of benzene rings is 1. The number of carbonyl (C=O) groups is 1. The number of halogens is 1. The van der Waals surface area contributed by atoms with Gasteiger partial charge < -0.3 is 4.74 Å². The van der Waals surface area contributed by atoms with Gasteiger partial charge in [-0.25, -0.2) is 0 Å². The first-order valence-corrected chi connectivity index (χ1v) is 8.03. The van der Waals surface area contributed by atoms with Gasteiger partial charge in [0.05, 0.1) is 6.42 Å². The standard InChI is InChI=1S/C17H23BrO2/c1-11-9-13(7-8-15(11)18)14(12-5-6-12)10-16(19)20-17(2,3)4/h7-9,12,14H,5-6,10H2,1-4H3. The van der Waals surface area contributed by atoms with Gasteiger partial charge in [0.25, 0.3) is 0 Å². The predicted octanol–water partition coefficient (Wildman–Crippen LogP) is 4.98. The summed E-state index contributed by atoms with van der Waals surface area (Å²) < 4.78 is 6.59. The second-order valence-corrected chi connectivity index (χ2v) is 7.60. The van der Waals surface area contributed by atoms with Crippen LogP contribution in [0.3, 0.4) is 0 Å².